The van der Waals surface area contributed by atoms with Gasteiger partial charge in [0.2, 0.25) is 0 Å². The predicted octanol–water partition coefficient (Wildman–Crippen LogP) is 17.6. The van der Waals surface area contributed by atoms with Crippen LogP contribution in [0, 0.1) is 0 Å². The molecule has 0 N–H and O–H groups in total. The Morgan fingerprint density at radius 2 is 0.646 bits per heavy atom. The van der Waals surface area contributed by atoms with Gasteiger partial charge in [0, 0.05) is 39.5 Å². The second kappa shape index (κ2) is 16.8. The summed E-state index contributed by atoms with van der Waals surface area (Å²) in [4.78, 5) is 4.82. The fraction of sp³-hybridized carbons (Fsp3) is 0.0476. The van der Waals surface area contributed by atoms with E-state index in [4.69, 9.17) is 0 Å². The number of benzene rings is 10. The van der Waals surface area contributed by atoms with Crippen molar-refractivity contribution >= 4 is 34.1 Å². The summed E-state index contributed by atoms with van der Waals surface area (Å²) in [6, 6.07) is 92.7. The number of rotatable bonds is 10. The molecule has 10 aromatic rings. The fourth-order valence-electron chi connectivity index (χ4n) is 9.98. The Labute approximate surface area is 383 Å². The van der Waals surface area contributed by atoms with Crippen LogP contribution < -0.4 is 9.80 Å². The minimum Gasteiger partial charge on any atom is -0.310 e. The molecule has 2 heteroatoms. The highest BCUT2D eigenvalue weighted by Gasteiger charge is 2.36. The third-order valence-electron chi connectivity index (χ3n) is 13.0. The number of para-hydroxylation sites is 3. The standard InChI is InChI=1S/C63H48N2/c1-63(2)60-38-21-20-34-57(60)58-40-39-51(44-61(58)63)65(50-31-16-7-17-32-50)53-42-47(41-52(43-53)64(48-27-12-5-13-28-48)49-29-14-6-15-30-49)54-33-18-19-35-59(54)62-55(45-23-8-3-9-24-45)36-22-37-56(62)46-25-10-4-11-26-46/h3-44H,1-2H3. The van der Waals surface area contributed by atoms with Gasteiger partial charge in [-0.25, -0.2) is 0 Å². The van der Waals surface area contributed by atoms with Crippen LogP contribution >= 0.6 is 0 Å². The summed E-state index contributed by atoms with van der Waals surface area (Å²) in [5.74, 6) is 0. The molecule has 0 spiro atoms. The number of hydrogen-bond donors (Lipinski definition) is 0. The van der Waals surface area contributed by atoms with Gasteiger partial charge in [-0.15, -0.1) is 0 Å². The minimum absolute atomic E-state index is 0.156. The Bertz CT molecular complexity index is 3170. The molecule has 10 aromatic carbocycles. The molecule has 1 aliphatic rings. The van der Waals surface area contributed by atoms with Crippen molar-refractivity contribution in [2.75, 3.05) is 9.80 Å². The monoisotopic (exact) mass is 832 g/mol. The van der Waals surface area contributed by atoms with Crippen molar-refractivity contribution in [1.29, 1.82) is 0 Å². The van der Waals surface area contributed by atoms with Crippen LogP contribution in [-0.2, 0) is 5.41 Å². The van der Waals surface area contributed by atoms with Crippen LogP contribution in [0.2, 0.25) is 0 Å². The van der Waals surface area contributed by atoms with Gasteiger partial charge in [-0.05, 0) is 133 Å². The lowest BCUT2D eigenvalue weighted by atomic mass is 9.82. The molecule has 0 heterocycles. The lowest BCUT2D eigenvalue weighted by molar-refractivity contribution is 0.660. The first kappa shape index (κ1) is 39.6. The number of fused-ring (bicyclic) bond motifs is 3. The summed E-state index contributed by atoms with van der Waals surface area (Å²) in [7, 11) is 0. The van der Waals surface area contributed by atoms with Crippen LogP contribution in [-0.4, -0.2) is 0 Å². The molecule has 0 aromatic heterocycles. The normalized spacial score (nSPS) is 12.3. The molecule has 65 heavy (non-hydrogen) atoms. The van der Waals surface area contributed by atoms with E-state index in [-0.39, 0.29) is 5.41 Å². The van der Waals surface area contributed by atoms with Crippen LogP contribution in [0.5, 0.6) is 0 Å². The largest absolute Gasteiger partial charge is 0.310 e. The zero-order valence-corrected chi connectivity index (χ0v) is 36.6. The van der Waals surface area contributed by atoms with Crippen molar-refractivity contribution in [2.24, 2.45) is 0 Å². The Hall–Kier alpha value is -8.20. The highest BCUT2D eigenvalue weighted by Crippen LogP contribution is 2.52. The van der Waals surface area contributed by atoms with Gasteiger partial charge >= 0.3 is 0 Å². The van der Waals surface area contributed by atoms with Crippen LogP contribution in [0.1, 0.15) is 25.0 Å². The van der Waals surface area contributed by atoms with Crippen LogP contribution in [0.3, 0.4) is 0 Å². The van der Waals surface area contributed by atoms with E-state index in [1.165, 1.54) is 55.6 Å². The highest BCUT2D eigenvalue weighted by atomic mass is 15.2. The molecule has 11 rings (SSSR count). The Morgan fingerprint density at radius 1 is 0.246 bits per heavy atom. The molecule has 0 unspecified atom stereocenters. The molecule has 310 valence electrons. The SMILES string of the molecule is CC1(C)c2ccccc2-c2ccc(N(c3ccccc3)c3cc(-c4ccccc4-c4c(-c5ccccc5)cccc4-c4ccccc4)cc(N(c4ccccc4)c4ccccc4)c3)cc21. The summed E-state index contributed by atoms with van der Waals surface area (Å²) in [5, 5.41) is 0. The van der Waals surface area contributed by atoms with E-state index in [2.05, 4.69) is 278 Å². The van der Waals surface area contributed by atoms with E-state index >= 15 is 0 Å². The number of nitrogens with zero attached hydrogens (tertiary/aromatic N) is 2. The predicted molar refractivity (Wildman–Crippen MR) is 275 cm³/mol. The smallest absolute Gasteiger partial charge is 0.0488 e. The minimum atomic E-state index is -0.156. The molecule has 0 saturated heterocycles. The van der Waals surface area contributed by atoms with Crippen molar-refractivity contribution in [3.05, 3.63) is 266 Å². The maximum Gasteiger partial charge on any atom is 0.0488 e. The molecule has 0 bridgehead atoms. The van der Waals surface area contributed by atoms with Crippen molar-refractivity contribution in [1.82, 2.24) is 0 Å². The number of hydrogen-bond acceptors (Lipinski definition) is 2. The van der Waals surface area contributed by atoms with E-state index in [1.807, 2.05) is 0 Å². The van der Waals surface area contributed by atoms with Crippen LogP contribution in [0.15, 0.2) is 255 Å². The lowest BCUT2D eigenvalue weighted by Crippen LogP contribution is -2.17. The summed E-state index contributed by atoms with van der Waals surface area (Å²) in [6.07, 6.45) is 0. The van der Waals surface area contributed by atoms with Gasteiger partial charge < -0.3 is 9.80 Å². The first-order valence-corrected chi connectivity index (χ1v) is 22.5. The van der Waals surface area contributed by atoms with E-state index in [0.717, 1.165) is 45.3 Å². The van der Waals surface area contributed by atoms with Crippen molar-refractivity contribution < 1.29 is 0 Å². The van der Waals surface area contributed by atoms with E-state index < -0.39 is 0 Å². The number of anilines is 6. The summed E-state index contributed by atoms with van der Waals surface area (Å²) in [6.45, 7) is 4.72. The van der Waals surface area contributed by atoms with Crippen LogP contribution in [0.4, 0.5) is 34.1 Å². The molecule has 0 saturated carbocycles. The Morgan fingerprint density at radius 3 is 1.17 bits per heavy atom. The van der Waals surface area contributed by atoms with Crippen molar-refractivity contribution in [3.63, 3.8) is 0 Å². The molecule has 0 fully saturated rings. The first-order valence-electron chi connectivity index (χ1n) is 22.5. The van der Waals surface area contributed by atoms with Gasteiger partial charge in [-0.1, -0.05) is 202 Å². The maximum absolute atomic E-state index is 2.44. The third kappa shape index (κ3) is 7.29. The second-order valence-electron chi connectivity index (χ2n) is 17.3. The maximum atomic E-state index is 2.44. The van der Waals surface area contributed by atoms with E-state index in [0.29, 0.717) is 0 Å². The summed E-state index contributed by atoms with van der Waals surface area (Å²) < 4.78 is 0. The second-order valence-corrected chi connectivity index (χ2v) is 17.3. The lowest BCUT2D eigenvalue weighted by Gasteiger charge is -2.31. The van der Waals surface area contributed by atoms with Gasteiger partial charge in [0.1, 0.15) is 0 Å². The third-order valence-corrected chi connectivity index (χ3v) is 13.0. The molecule has 0 radical (unpaired) electrons. The summed E-state index contributed by atoms with van der Waals surface area (Å²) >= 11 is 0. The topological polar surface area (TPSA) is 6.48 Å². The molecule has 2 nitrogen and oxygen atoms in total. The Balaban J connectivity index is 1.19. The van der Waals surface area contributed by atoms with Gasteiger partial charge in [0.05, 0.1) is 0 Å². The van der Waals surface area contributed by atoms with E-state index in [1.54, 1.807) is 0 Å². The van der Waals surface area contributed by atoms with Crippen LogP contribution in [0.25, 0.3) is 55.6 Å². The Kier molecular flexibility index (Phi) is 10.3. The molecule has 1 aliphatic carbocycles. The molecule has 0 atom stereocenters. The average Bonchev–Trinajstić information content (AvgIpc) is 3.60. The average molecular weight is 833 g/mol. The first-order chi connectivity index (χ1) is 32.0. The van der Waals surface area contributed by atoms with Gasteiger partial charge in [0.25, 0.3) is 0 Å². The van der Waals surface area contributed by atoms with E-state index in [9.17, 15) is 0 Å². The highest BCUT2D eigenvalue weighted by molar-refractivity contribution is 6.01. The van der Waals surface area contributed by atoms with Crippen molar-refractivity contribution in [2.45, 2.75) is 19.3 Å². The van der Waals surface area contributed by atoms with Gasteiger partial charge in [-0.3, -0.25) is 0 Å². The van der Waals surface area contributed by atoms with Gasteiger partial charge in [0.15, 0.2) is 0 Å². The molecule has 0 amide bonds. The summed E-state index contributed by atoms with van der Waals surface area (Å²) in [5.41, 5.74) is 21.0. The zero-order chi connectivity index (χ0) is 43.7. The van der Waals surface area contributed by atoms with Gasteiger partial charge in [-0.2, -0.15) is 0 Å². The van der Waals surface area contributed by atoms with Crippen molar-refractivity contribution in [3.8, 4) is 55.6 Å². The zero-order valence-electron chi connectivity index (χ0n) is 36.6. The molecular weight excluding hydrogens is 785 g/mol. The fourth-order valence-corrected chi connectivity index (χ4v) is 9.98. The quantitative estimate of drug-likeness (QED) is 0.135. The molecule has 0 aliphatic heterocycles. The molecular formula is C63H48N2.